The number of nitrogens with zero attached hydrogens (tertiary/aromatic N) is 5. The smallest absolute Gasteiger partial charge is 0.165 e. The van der Waals surface area contributed by atoms with E-state index in [2.05, 4.69) is 19.9 Å². The van der Waals surface area contributed by atoms with Crippen molar-refractivity contribution in [2.45, 2.75) is 19.6 Å². The number of hydrogen-bond donors (Lipinski definition) is 1. The highest BCUT2D eigenvalue weighted by Gasteiger charge is 2.19. The first-order valence-corrected chi connectivity index (χ1v) is 8.45. The number of hydrogen-bond acceptors (Lipinski definition) is 6. The maximum Gasteiger partial charge on any atom is 0.165 e. The number of imidazole rings is 1. The van der Waals surface area contributed by atoms with Crippen molar-refractivity contribution in [2.75, 3.05) is 31.2 Å². The van der Waals surface area contributed by atoms with Crippen molar-refractivity contribution in [3.63, 3.8) is 0 Å². The molecule has 4 rings (SSSR count). The molecule has 0 bridgehead atoms. The second-order valence-corrected chi connectivity index (χ2v) is 6.29. The predicted molar refractivity (Wildman–Crippen MR) is 94.5 cm³/mol. The number of benzene rings is 1. The van der Waals surface area contributed by atoms with Crippen LogP contribution in [0.2, 0.25) is 0 Å². The van der Waals surface area contributed by atoms with Crippen molar-refractivity contribution in [2.24, 2.45) is 0 Å². The summed E-state index contributed by atoms with van der Waals surface area (Å²) in [5, 5.41) is 10.5. The summed E-state index contributed by atoms with van der Waals surface area (Å²) in [5.74, 6) is 0.830. The van der Waals surface area contributed by atoms with Crippen molar-refractivity contribution in [3.8, 4) is 0 Å². The maximum atomic E-state index is 10.5. The van der Waals surface area contributed by atoms with E-state index in [-0.39, 0.29) is 0 Å². The highest BCUT2D eigenvalue weighted by atomic mass is 16.5. The van der Waals surface area contributed by atoms with Gasteiger partial charge in [-0.3, -0.25) is 0 Å². The third-order valence-corrected chi connectivity index (χ3v) is 4.52. The van der Waals surface area contributed by atoms with E-state index in [1.807, 2.05) is 35.8 Å². The Bertz CT molecular complexity index is 856. The fourth-order valence-electron chi connectivity index (χ4n) is 3.09. The number of aryl methyl sites for hydroxylation is 1. The molecule has 1 aromatic carbocycles. The molecule has 0 aliphatic carbocycles. The molecule has 1 unspecified atom stereocenters. The van der Waals surface area contributed by atoms with Crippen LogP contribution in [0.15, 0.2) is 36.9 Å². The zero-order valence-corrected chi connectivity index (χ0v) is 14.2. The van der Waals surface area contributed by atoms with Crippen LogP contribution in [0.4, 0.5) is 5.82 Å². The molecule has 1 N–H and O–H groups in total. The van der Waals surface area contributed by atoms with Crippen LogP contribution < -0.4 is 4.90 Å². The molecule has 3 heterocycles. The van der Waals surface area contributed by atoms with Crippen molar-refractivity contribution in [3.05, 3.63) is 48.0 Å². The summed E-state index contributed by atoms with van der Waals surface area (Å²) in [6.45, 7) is 5.41. The van der Waals surface area contributed by atoms with Crippen LogP contribution >= 0.6 is 0 Å². The van der Waals surface area contributed by atoms with Crippen LogP contribution in [0.1, 0.15) is 17.2 Å². The Labute approximate surface area is 145 Å². The number of rotatable bonds is 4. The average Bonchev–Trinajstić information content (AvgIpc) is 3.06. The number of anilines is 1. The van der Waals surface area contributed by atoms with Gasteiger partial charge in [0, 0.05) is 13.1 Å². The van der Waals surface area contributed by atoms with Crippen LogP contribution in [0, 0.1) is 6.92 Å². The minimum atomic E-state index is -0.611. The Balaban J connectivity index is 1.61. The van der Waals surface area contributed by atoms with Gasteiger partial charge in [-0.2, -0.15) is 0 Å². The molecule has 0 radical (unpaired) electrons. The SMILES string of the molecule is Cc1ccc(C(O)Cn2cnc3c(N4CCOCC4)ncnc32)cc1. The molecule has 0 saturated carbocycles. The zero-order valence-electron chi connectivity index (χ0n) is 14.2. The van der Waals surface area contributed by atoms with Crippen LogP contribution in [0.3, 0.4) is 0 Å². The Morgan fingerprint density at radius 2 is 1.88 bits per heavy atom. The van der Waals surface area contributed by atoms with Gasteiger partial charge < -0.3 is 19.3 Å². The van der Waals surface area contributed by atoms with Gasteiger partial charge in [-0.05, 0) is 12.5 Å². The molecule has 3 aromatic rings. The van der Waals surface area contributed by atoms with E-state index in [1.54, 1.807) is 12.7 Å². The summed E-state index contributed by atoms with van der Waals surface area (Å²) < 4.78 is 7.29. The second kappa shape index (κ2) is 6.78. The van der Waals surface area contributed by atoms with Crippen molar-refractivity contribution >= 4 is 17.0 Å². The minimum absolute atomic E-state index is 0.402. The summed E-state index contributed by atoms with van der Waals surface area (Å²) in [6.07, 6.45) is 2.67. The second-order valence-electron chi connectivity index (χ2n) is 6.29. The van der Waals surface area contributed by atoms with Crippen molar-refractivity contribution in [1.29, 1.82) is 0 Å². The first kappa shape index (κ1) is 16.0. The van der Waals surface area contributed by atoms with E-state index in [1.165, 1.54) is 5.56 Å². The Kier molecular flexibility index (Phi) is 4.33. The van der Waals surface area contributed by atoms with Crippen molar-refractivity contribution < 1.29 is 9.84 Å². The molecule has 1 atom stereocenters. The maximum absolute atomic E-state index is 10.5. The lowest BCUT2D eigenvalue weighted by Crippen LogP contribution is -2.37. The van der Waals surface area contributed by atoms with Gasteiger partial charge in [-0.1, -0.05) is 29.8 Å². The van der Waals surface area contributed by atoms with E-state index in [0.717, 1.165) is 35.6 Å². The Hall–Kier alpha value is -2.51. The lowest BCUT2D eigenvalue weighted by Gasteiger charge is -2.27. The Morgan fingerprint density at radius 3 is 2.64 bits per heavy atom. The Morgan fingerprint density at radius 1 is 1.12 bits per heavy atom. The fourth-order valence-corrected chi connectivity index (χ4v) is 3.09. The number of aromatic nitrogens is 4. The number of morpholine rings is 1. The van der Waals surface area contributed by atoms with Gasteiger partial charge in [0.2, 0.25) is 0 Å². The largest absolute Gasteiger partial charge is 0.387 e. The summed E-state index contributed by atoms with van der Waals surface area (Å²) in [6, 6.07) is 7.91. The van der Waals surface area contributed by atoms with Crippen LogP contribution in [-0.2, 0) is 11.3 Å². The third kappa shape index (κ3) is 3.20. The lowest BCUT2D eigenvalue weighted by atomic mass is 10.1. The van der Waals surface area contributed by atoms with Crippen LogP contribution in [0.5, 0.6) is 0 Å². The molecular weight excluding hydrogens is 318 g/mol. The molecule has 1 saturated heterocycles. The normalized spacial score (nSPS) is 16.3. The van der Waals surface area contributed by atoms with E-state index < -0.39 is 6.10 Å². The number of aliphatic hydroxyl groups excluding tert-OH is 1. The highest BCUT2D eigenvalue weighted by molar-refractivity contribution is 5.83. The van der Waals surface area contributed by atoms with Gasteiger partial charge in [0.25, 0.3) is 0 Å². The number of ether oxygens (including phenoxy) is 1. The van der Waals surface area contributed by atoms with E-state index >= 15 is 0 Å². The molecule has 0 amide bonds. The molecule has 2 aromatic heterocycles. The highest BCUT2D eigenvalue weighted by Crippen LogP contribution is 2.24. The van der Waals surface area contributed by atoms with Gasteiger partial charge in [0.05, 0.1) is 32.2 Å². The van der Waals surface area contributed by atoms with Gasteiger partial charge in [-0.15, -0.1) is 0 Å². The molecule has 1 aliphatic heterocycles. The van der Waals surface area contributed by atoms with Gasteiger partial charge in [-0.25, -0.2) is 15.0 Å². The quantitative estimate of drug-likeness (QED) is 0.780. The van der Waals surface area contributed by atoms with Crippen LogP contribution in [0.25, 0.3) is 11.2 Å². The van der Waals surface area contributed by atoms with E-state index in [4.69, 9.17) is 4.74 Å². The minimum Gasteiger partial charge on any atom is -0.387 e. The number of fused-ring (bicyclic) bond motifs is 1. The zero-order chi connectivity index (χ0) is 17.2. The molecule has 130 valence electrons. The molecule has 25 heavy (non-hydrogen) atoms. The summed E-state index contributed by atoms with van der Waals surface area (Å²) in [4.78, 5) is 15.5. The summed E-state index contributed by atoms with van der Waals surface area (Å²) >= 11 is 0. The summed E-state index contributed by atoms with van der Waals surface area (Å²) in [7, 11) is 0. The van der Waals surface area contributed by atoms with E-state index in [9.17, 15) is 5.11 Å². The van der Waals surface area contributed by atoms with E-state index in [0.29, 0.717) is 19.8 Å². The first-order valence-electron chi connectivity index (χ1n) is 8.45. The lowest BCUT2D eigenvalue weighted by molar-refractivity contribution is 0.122. The standard InChI is InChI=1S/C18H21N5O2/c1-13-2-4-14(5-3-13)15(24)10-23-12-21-16-17(19-11-20-18(16)23)22-6-8-25-9-7-22/h2-5,11-12,15,24H,6-10H2,1H3. The molecule has 0 spiro atoms. The fraction of sp³-hybridized carbons (Fsp3) is 0.389. The molecule has 7 nitrogen and oxygen atoms in total. The average molecular weight is 339 g/mol. The van der Waals surface area contributed by atoms with Gasteiger partial charge >= 0.3 is 0 Å². The molecule has 1 fully saturated rings. The summed E-state index contributed by atoms with van der Waals surface area (Å²) in [5.41, 5.74) is 3.56. The number of aliphatic hydroxyl groups is 1. The topological polar surface area (TPSA) is 76.3 Å². The molecule has 7 heteroatoms. The van der Waals surface area contributed by atoms with Gasteiger partial charge in [0.15, 0.2) is 17.0 Å². The third-order valence-electron chi connectivity index (χ3n) is 4.52. The monoisotopic (exact) mass is 339 g/mol. The van der Waals surface area contributed by atoms with Gasteiger partial charge in [0.1, 0.15) is 6.33 Å². The van der Waals surface area contributed by atoms with Crippen molar-refractivity contribution in [1.82, 2.24) is 19.5 Å². The predicted octanol–water partition coefficient (Wildman–Crippen LogP) is 1.70. The molecule has 1 aliphatic rings. The van der Waals surface area contributed by atoms with Crippen LogP contribution in [-0.4, -0.2) is 50.9 Å². The first-order chi connectivity index (χ1) is 12.2. The molecular formula is C18H21N5O2.